The quantitative estimate of drug-likeness (QED) is 0.0919. The Morgan fingerprint density at radius 3 is 1.41 bits per heavy atom. The second-order valence-corrected chi connectivity index (χ2v) is 13.8. The molecule has 0 N–H and O–H groups in total. The average Bonchev–Trinajstić information content (AvgIpc) is 3.42. The summed E-state index contributed by atoms with van der Waals surface area (Å²) in [7, 11) is 0. The van der Waals surface area contributed by atoms with Gasteiger partial charge in [0.25, 0.3) is 0 Å². The lowest BCUT2D eigenvalue weighted by Crippen LogP contribution is -2.59. The van der Waals surface area contributed by atoms with Crippen LogP contribution in [0.4, 0.5) is 0 Å². The zero-order chi connectivity index (χ0) is 32.1. The van der Waals surface area contributed by atoms with Gasteiger partial charge in [0.2, 0.25) is 0 Å². The minimum Gasteiger partial charge on any atom is -0.353 e. The number of rotatable bonds is 24. The van der Waals surface area contributed by atoms with Gasteiger partial charge in [-0.1, -0.05) is 201 Å². The molecule has 4 rings (SSSR count). The first kappa shape index (κ1) is 35.8. The summed E-state index contributed by atoms with van der Waals surface area (Å²) < 4.78 is 0. The number of nitrogens with zero attached hydrogens (tertiary/aromatic N) is 2. The van der Waals surface area contributed by atoms with Crippen LogP contribution in [0.15, 0.2) is 103 Å². The lowest BCUT2D eigenvalue weighted by Gasteiger charge is -2.51. The summed E-state index contributed by atoms with van der Waals surface area (Å²) >= 11 is 0. The van der Waals surface area contributed by atoms with Gasteiger partial charge in [-0.15, -0.1) is 0 Å². The standard InChI is InChI=1S/C44H64N2/c1-3-5-6-7-8-9-10-11-12-13-14-15-16-17-18-28-35-45-36-37-46(39-41-31-24-20-25-32-41)44(45,38-40-29-22-19-23-30-40)43(4-2)42-33-26-21-27-34-42/h19-27,29-34,36-37,43H,3-18,28,35,38-39H2,1-2H3. The molecule has 2 atom stereocenters. The molecule has 1 aliphatic heterocycles. The number of benzene rings is 3. The van der Waals surface area contributed by atoms with Gasteiger partial charge in [0.05, 0.1) is 0 Å². The van der Waals surface area contributed by atoms with Crippen molar-refractivity contribution in [1.29, 1.82) is 0 Å². The molecule has 2 unspecified atom stereocenters. The van der Waals surface area contributed by atoms with Gasteiger partial charge < -0.3 is 9.80 Å². The summed E-state index contributed by atoms with van der Waals surface area (Å²) in [6.07, 6.45) is 29.5. The van der Waals surface area contributed by atoms with Crippen LogP contribution in [0.5, 0.6) is 0 Å². The number of hydrogen-bond acceptors (Lipinski definition) is 2. The largest absolute Gasteiger partial charge is 0.353 e. The first-order chi connectivity index (χ1) is 22.8. The van der Waals surface area contributed by atoms with Gasteiger partial charge in [-0.3, -0.25) is 0 Å². The van der Waals surface area contributed by atoms with Crippen molar-refractivity contribution in [1.82, 2.24) is 9.80 Å². The van der Waals surface area contributed by atoms with Crippen molar-refractivity contribution in [2.45, 2.75) is 148 Å². The van der Waals surface area contributed by atoms with E-state index in [2.05, 4.69) is 127 Å². The van der Waals surface area contributed by atoms with E-state index in [0.29, 0.717) is 5.92 Å². The highest BCUT2D eigenvalue weighted by Crippen LogP contribution is 2.45. The smallest absolute Gasteiger partial charge is 0.123 e. The second-order valence-electron chi connectivity index (χ2n) is 13.8. The first-order valence-electron chi connectivity index (χ1n) is 19.1. The van der Waals surface area contributed by atoms with E-state index in [1.54, 1.807) is 0 Å². The van der Waals surface area contributed by atoms with Crippen LogP contribution in [0.2, 0.25) is 0 Å². The van der Waals surface area contributed by atoms with Crippen LogP contribution in [0.1, 0.15) is 146 Å². The normalized spacial score (nSPS) is 16.7. The molecular formula is C44H64N2. The predicted octanol–water partition coefficient (Wildman–Crippen LogP) is 12.7. The van der Waals surface area contributed by atoms with Crippen LogP contribution in [0, 0.1) is 0 Å². The van der Waals surface area contributed by atoms with E-state index < -0.39 is 0 Å². The average molecular weight is 621 g/mol. The lowest BCUT2D eigenvalue weighted by molar-refractivity contribution is -0.00767. The maximum absolute atomic E-state index is 2.73. The Morgan fingerprint density at radius 2 is 0.913 bits per heavy atom. The molecule has 0 saturated heterocycles. The SMILES string of the molecule is CCCCCCCCCCCCCCCCCCN1C=CN(Cc2ccccc2)C1(Cc1ccccc1)C(CC)c1ccccc1. The first-order valence-corrected chi connectivity index (χ1v) is 19.1. The van der Waals surface area contributed by atoms with E-state index in [4.69, 9.17) is 0 Å². The molecule has 3 aromatic carbocycles. The summed E-state index contributed by atoms with van der Waals surface area (Å²) in [6, 6.07) is 33.6. The van der Waals surface area contributed by atoms with Crippen molar-refractivity contribution >= 4 is 0 Å². The fourth-order valence-corrected chi connectivity index (χ4v) is 7.79. The van der Waals surface area contributed by atoms with Gasteiger partial charge in [0.1, 0.15) is 5.66 Å². The molecule has 0 aromatic heterocycles. The van der Waals surface area contributed by atoms with E-state index in [1.807, 2.05) is 0 Å². The molecule has 0 saturated carbocycles. The van der Waals surface area contributed by atoms with Crippen molar-refractivity contribution in [3.05, 3.63) is 120 Å². The number of hydrogen-bond donors (Lipinski definition) is 0. The number of unbranched alkanes of at least 4 members (excludes halogenated alkanes) is 15. The molecule has 1 aliphatic rings. The van der Waals surface area contributed by atoms with E-state index in [-0.39, 0.29) is 5.66 Å². The minimum absolute atomic E-state index is 0.150. The van der Waals surface area contributed by atoms with Crippen molar-refractivity contribution < 1.29 is 0 Å². The summed E-state index contributed by atoms with van der Waals surface area (Å²) in [5, 5.41) is 0. The molecule has 2 heteroatoms. The van der Waals surface area contributed by atoms with E-state index in [0.717, 1.165) is 25.9 Å². The molecule has 0 radical (unpaired) electrons. The zero-order valence-electron chi connectivity index (χ0n) is 29.4. The van der Waals surface area contributed by atoms with E-state index in [9.17, 15) is 0 Å². The highest BCUT2D eigenvalue weighted by atomic mass is 15.4. The fourth-order valence-electron chi connectivity index (χ4n) is 7.79. The third-order valence-corrected chi connectivity index (χ3v) is 10.3. The van der Waals surface area contributed by atoms with Gasteiger partial charge in [-0.2, -0.15) is 0 Å². The third-order valence-electron chi connectivity index (χ3n) is 10.3. The van der Waals surface area contributed by atoms with Crippen LogP contribution in [0.3, 0.4) is 0 Å². The molecule has 2 nitrogen and oxygen atoms in total. The van der Waals surface area contributed by atoms with Crippen LogP contribution < -0.4 is 0 Å². The second kappa shape index (κ2) is 21.0. The van der Waals surface area contributed by atoms with Crippen LogP contribution in [0.25, 0.3) is 0 Å². The van der Waals surface area contributed by atoms with Crippen molar-refractivity contribution in [2.75, 3.05) is 6.54 Å². The Morgan fingerprint density at radius 1 is 0.478 bits per heavy atom. The monoisotopic (exact) mass is 621 g/mol. The Labute approximate surface area is 283 Å². The maximum Gasteiger partial charge on any atom is 0.123 e. The Kier molecular flexibility index (Phi) is 16.4. The zero-order valence-corrected chi connectivity index (χ0v) is 29.4. The van der Waals surface area contributed by atoms with Gasteiger partial charge in [-0.05, 0) is 29.5 Å². The molecule has 0 aliphatic carbocycles. The summed E-state index contributed by atoms with van der Waals surface area (Å²) in [5.74, 6) is 0.383. The van der Waals surface area contributed by atoms with Gasteiger partial charge >= 0.3 is 0 Å². The van der Waals surface area contributed by atoms with Gasteiger partial charge in [0, 0.05) is 37.8 Å². The summed E-state index contributed by atoms with van der Waals surface area (Å²) in [5.41, 5.74) is 4.08. The lowest BCUT2D eigenvalue weighted by atomic mass is 9.78. The Bertz CT molecular complexity index is 1190. The van der Waals surface area contributed by atoms with Gasteiger partial charge in [0.15, 0.2) is 0 Å². The van der Waals surface area contributed by atoms with Crippen LogP contribution in [-0.2, 0) is 13.0 Å². The molecular weight excluding hydrogens is 556 g/mol. The maximum atomic E-state index is 2.73. The summed E-state index contributed by atoms with van der Waals surface area (Å²) in [6.45, 7) is 6.72. The van der Waals surface area contributed by atoms with Crippen LogP contribution in [-0.4, -0.2) is 22.0 Å². The Balaban J connectivity index is 1.32. The third kappa shape index (κ3) is 11.1. The minimum atomic E-state index is -0.150. The topological polar surface area (TPSA) is 6.48 Å². The van der Waals surface area contributed by atoms with Crippen LogP contribution >= 0.6 is 0 Å². The van der Waals surface area contributed by atoms with E-state index in [1.165, 1.54) is 119 Å². The van der Waals surface area contributed by atoms with Crippen molar-refractivity contribution in [2.24, 2.45) is 0 Å². The molecule has 250 valence electrons. The molecule has 3 aromatic rings. The highest BCUT2D eigenvalue weighted by Gasteiger charge is 2.49. The highest BCUT2D eigenvalue weighted by molar-refractivity contribution is 5.31. The molecule has 0 amide bonds. The van der Waals surface area contributed by atoms with Crippen molar-refractivity contribution in [3.8, 4) is 0 Å². The van der Waals surface area contributed by atoms with Gasteiger partial charge in [-0.25, -0.2) is 0 Å². The molecule has 46 heavy (non-hydrogen) atoms. The van der Waals surface area contributed by atoms with E-state index >= 15 is 0 Å². The molecule has 0 spiro atoms. The Hall–Kier alpha value is -3.00. The van der Waals surface area contributed by atoms with Crippen molar-refractivity contribution in [3.63, 3.8) is 0 Å². The predicted molar refractivity (Wildman–Crippen MR) is 200 cm³/mol. The molecule has 0 bridgehead atoms. The summed E-state index contributed by atoms with van der Waals surface area (Å²) in [4.78, 5) is 5.40. The molecule has 0 fully saturated rings. The molecule has 1 heterocycles. The fraction of sp³-hybridized carbons (Fsp3) is 0.545.